The highest BCUT2D eigenvalue weighted by molar-refractivity contribution is 7.17. The van der Waals surface area contributed by atoms with Gasteiger partial charge < -0.3 is 5.73 Å². The first kappa shape index (κ1) is 8.46. The van der Waals surface area contributed by atoms with Crippen LogP contribution in [0.25, 0.3) is 0 Å². The van der Waals surface area contributed by atoms with Gasteiger partial charge in [0.15, 0.2) is 5.13 Å². The molecule has 2 rings (SSSR count). The quantitative estimate of drug-likeness (QED) is 0.359. The van der Waals surface area contributed by atoms with E-state index in [0.717, 1.165) is 18.5 Å². The monoisotopic (exact) mass is 198 g/mol. The van der Waals surface area contributed by atoms with Crippen LogP contribution >= 0.6 is 11.3 Å². The van der Waals surface area contributed by atoms with Crippen LogP contribution in [0.3, 0.4) is 0 Å². The number of hydrazine groups is 1. The van der Waals surface area contributed by atoms with E-state index in [1.54, 1.807) is 0 Å². The maximum absolute atomic E-state index is 11.3. The molecule has 1 amide bonds. The zero-order chi connectivity index (χ0) is 9.42. The Morgan fingerprint density at radius 2 is 2.31 bits per heavy atom. The Morgan fingerprint density at radius 1 is 1.62 bits per heavy atom. The van der Waals surface area contributed by atoms with E-state index in [4.69, 9.17) is 11.6 Å². The third kappa shape index (κ3) is 1.50. The summed E-state index contributed by atoms with van der Waals surface area (Å²) in [6.07, 6.45) is 2.18. The first-order valence-electron chi connectivity index (χ1n) is 3.99. The van der Waals surface area contributed by atoms with Crippen molar-refractivity contribution in [2.75, 3.05) is 5.73 Å². The molecule has 0 atom stereocenters. The van der Waals surface area contributed by atoms with Crippen LogP contribution in [0, 0.1) is 0 Å². The summed E-state index contributed by atoms with van der Waals surface area (Å²) in [7, 11) is 0. The lowest BCUT2D eigenvalue weighted by Crippen LogP contribution is -2.30. The van der Waals surface area contributed by atoms with Gasteiger partial charge in [0.2, 0.25) is 0 Å². The van der Waals surface area contributed by atoms with Crippen molar-refractivity contribution in [1.82, 2.24) is 10.4 Å². The Labute approximate surface area is 79.1 Å². The van der Waals surface area contributed by atoms with Gasteiger partial charge in [-0.15, -0.1) is 0 Å². The Morgan fingerprint density at radius 3 is 2.85 bits per heavy atom. The summed E-state index contributed by atoms with van der Waals surface area (Å²) in [5, 5.41) is 0.431. The Bertz CT molecular complexity index is 344. The second-order valence-electron chi connectivity index (χ2n) is 3.01. The van der Waals surface area contributed by atoms with Crippen LogP contribution in [0.15, 0.2) is 0 Å². The molecular weight excluding hydrogens is 188 g/mol. The molecule has 1 fully saturated rings. The van der Waals surface area contributed by atoms with Crippen LogP contribution in [0.4, 0.5) is 5.13 Å². The summed E-state index contributed by atoms with van der Waals surface area (Å²) < 4.78 is 0. The molecule has 1 heterocycles. The summed E-state index contributed by atoms with van der Waals surface area (Å²) in [6, 6.07) is 0. The number of carbonyl (C=O) groups is 1. The Hall–Kier alpha value is -1.14. The van der Waals surface area contributed by atoms with Crippen molar-refractivity contribution < 1.29 is 4.79 Å². The summed E-state index contributed by atoms with van der Waals surface area (Å²) >= 11 is 1.19. The summed E-state index contributed by atoms with van der Waals surface area (Å²) in [4.78, 5) is 15.9. The molecular formula is C7H10N4OS. The fourth-order valence-electron chi connectivity index (χ4n) is 1.21. The van der Waals surface area contributed by atoms with Gasteiger partial charge in [0, 0.05) is 5.92 Å². The van der Waals surface area contributed by atoms with Gasteiger partial charge in [-0.1, -0.05) is 11.3 Å². The van der Waals surface area contributed by atoms with Gasteiger partial charge in [0.25, 0.3) is 5.91 Å². The highest BCUT2D eigenvalue weighted by Crippen LogP contribution is 2.42. The third-order valence-electron chi connectivity index (χ3n) is 1.97. The van der Waals surface area contributed by atoms with Gasteiger partial charge in [-0.05, 0) is 12.8 Å². The number of anilines is 1. The van der Waals surface area contributed by atoms with Crippen LogP contribution < -0.4 is 17.0 Å². The fourth-order valence-corrected chi connectivity index (χ4v) is 2.03. The smallest absolute Gasteiger partial charge is 0.277 e. The fraction of sp³-hybridized carbons (Fsp3) is 0.429. The highest BCUT2D eigenvalue weighted by Gasteiger charge is 2.31. The van der Waals surface area contributed by atoms with Crippen LogP contribution in [0.2, 0.25) is 0 Å². The minimum atomic E-state index is -0.295. The number of rotatable bonds is 2. The van der Waals surface area contributed by atoms with E-state index in [2.05, 4.69) is 10.4 Å². The second-order valence-corrected chi connectivity index (χ2v) is 4.04. The topological polar surface area (TPSA) is 94.0 Å². The lowest BCUT2D eigenvalue weighted by Gasteiger charge is -1.96. The predicted molar refractivity (Wildman–Crippen MR) is 50.2 cm³/mol. The van der Waals surface area contributed by atoms with E-state index in [-0.39, 0.29) is 5.91 Å². The molecule has 1 aromatic rings. The molecule has 1 aromatic heterocycles. The maximum Gasteiger partial charge on any atom is 0.277 e. The number of thiazole rings is 1. The molecule has 0 aliphatic heterocycles. The first-order chi connectivity index (χ1) is 6.22. The van der Waals surface area contributed by atoms with Crippen LogP contribution in [-0.2, 0) is 0 Å². The minimum absolute atomic E-state index is 0.295. The number of hydrogen-bond acceptors (Lipinski definition) is 5. The molecule has 0 spiro atoms. The number of nitrogens with zero attached hydrogens (tertiary/aromatic N) is 1. The van der Waals surface area contributed by atoms with Crippen molar-refractivity contribution in [3.63, 3.8) is 0 Å². The largest absolute Gasteiger partial charge is 0.375 e. The molecule has 0 bridgehead atoms. The van der Waals surface area contributed by atoms with Gasteiger partial charge >= 0.3 is 0 Å². The van der Waals surface area contributed by atoms with E-state index >= 15 is 0 Å². The summed E-state index contributed by atoms with van der Waals surface area (Å²) in [5.41, 5.74) is 8.43. The van der Waals surface area contributed by atoms with Crippen molar-refractivity contribution in [2.24, 2.45) is 5.84 Å². The lowest BCUT2D eigenvalue weighted by molar-refractivity contribution is 0.0956. The first-order valence-corrected chi connectivity index (χ1v) is 4.81. The maximum atomic E-state index is 11.3. The molecule has 1 aliphatic carbocycles. The summed E-state index contributed by atoms with van der Waals surface area (Å²) in [5.74, 6) is 5.16. The van der Waals surface area contributed by atoms with Gasteiger partial charge in [-0.2, -0.15) is 0 Å². The minimum Gasteiger partial charge on any atom is -0.375 e. The molecule has 5 N–H and O–H groups in total. The van der Waals surface area contributed by atoms with Gasteiger partial charge in [-0.3, -0.25) is 10.2 Å². The van der Waals surface area contributed by atoms with Crippen molar-refractivity contribution in [3.05, 3.63) is 10.6 Å². The zero-order valence-corrected chi connectivity index (χ0v) is 7.73. The zero-order valence-electron chi connectivity index (χ0n) is 6.91. The van der Waals surface area contributed by atoms with Gasteiger partial charge in [-0.25, -0.2) is 10.8 Å². The molecule has 6 heteroatoms. The normalized spacial score (nSPS) is 15.8. The number of nitrogens with one attached hydrogen (secondary N) is 1. The van der Waals surface area contributed by atoms with E-state index in [9.17, 15) is 4.79 Å². The van der Waals surface area contributed by atoms with Crippen molar-refractivity contribution in [1.29, 1.82) is 0 Å². The average Bonchev–Trinajstić information content (AvgIpc) is 2.89. The van der Waals surface area contributed by atoms with E-state index in [1.807, 2.05) is 0 Å². The molecule has 1 aliphatic rings. The number of hydrogen-bond donors (Lipinski definition) is 3. The number of aromatic nitrogens is 1. The average molecular weight is 198 g/mol. The van der Waals surface area contributed by atoms with Crippen molar-refractivity contribution in [3.8, 4) is 0 Å². The molecule has 5 nitrogen and oxygen atoms in total. The van der Waals surface area contributed by atoms with Crippen molar-refractivity contribution >= 4 is 22.4 Å². The number of carbonyl (C=O) groups excluding carboxylic acids is 1. The molecule has 70 valence electrons. The van der Waals surface area contributed by atoms with Crippen LogP contribution in [0.1, 0.15) is 34.1 Å². The Balaban J connectivity index is 2.36. The lowest BCUT2D eigenvalue weighted by atomic mass is 10.2. The second kappa shape index (κ2) is 2.97. The SMILES string of the molecule is NNC(=O)c1sc(N)nc1C1CC1. The van der Waals surface area contributed by atoms with Gasteiger partial charge in [0.05, 0.1) is 5.69 Å². The van der Waals surface area contributed by atoms with Crippen LogP contribution in [0.5, 0.6) is 0 Å². The standard InChI is InChI=1S/C7H10N4OS/c8-7-10-4(3-1-2-3)5(13-7)6(12)11-9/h3H,1-2,9H2,(H2,8,10)(H,11,12). The Kier molecular flexibility index (Phi) is 1.93. The molecule has 0 radical (unpaired) electrons. The third-order valence-corrected chi connectivity index (χ3v) is 2.87. The predicted octanol–water partition coefficient (Wildman–Crippen LogP) is 0.206. The number of amides is 1. The van der Waals surface area contributed by atoms with E-state index < -0.39 is 0 Å². The molecule has 0 aromatic carbocycles. The number of nitrogen functional groups attached to an aromatic ring is 2. The molecule has 0 unspecified atom stereocenters. The van der Waals surface area contributed by atoms with Crippen LogP contribution in [-0.4, -0.2) is 10.9 Å². The summed E-state index contributed by atoms with van der Waals surface area (Å²) in [6.45, 7) is 0. The highest BCUT2D eigenvalue weighted by atomic mass is 32.1. The molecule has 1 saturated carbocycles. The molecule has 0 saturated heterocycles. The van der Waals surface area contributed by atoms with Crippen molar-refractivity contribution in [2.45, 2.75) is 18.8 Å². The number of nitrogens with two attached hydrogens (primary N) is 2. The molecule has 13 heavy (non-hydrogen) atoms. The van der Waals surface area contributed by atoms with E-state index in [0.29, 0.717) is 15.9 Å². The van der Waals surface area contributed by atoms with Gasteiger partial charge in [0.1, 0.15) is 4.88 Å². The van der Waals surface area contributed by atoms with E-state index in [1.165, 1.54) is 11.3 Å².